The molecule has 1 unspecified atom stereocenters. The molecule has 0 aliphatic carbocycles. The molecule has 29 heavy (non-hydrogen) atoms. The molecule has 0 spiro atoms. The molecular weight excluding hydrogens is 369 g/mol. The minimum Gasteiger partial charge on any atom is -0.497 e. The number of aromatic nitrogens is 4. The Morgan fingerprint density at radius 3 is 2.55 bits per heavy atom. The van der Waals surface area contributed by atoms with Crippen LogP contribution in [-0.4, -0.2) is 38.8 Å². The van der Waals surface area contributed by atoms with Crippen molar-refractivity contribution in [2.24, 2.45) is 0 Å². The van der Waals surface area contributed by atoms with Gasteiger partial charge >= 0.3 is 0 Å². The highest BCUT2D eigenvalue weighted by Crippen LogP contribution is 2.35. The average Bonchev–Trinajstić information content (AvgIpc) is 3.19. The van der Waals surface area contributed by atoms with Gasteiger partial charge in [-0.3, -0.25) is 4.90 Å². The van der Waals surface area contributed by atoms with Gasteiger partial charge in [0.1, 0.15) is 17.6 Å². The lowest BCUT2D eigenvalue weighted by Gasteiger charge is -2.36. The number of halogens is 1. The minimum atomic E-state index is -0.400. The van der Waals surface area contributed by atoms with Gasteiger partial charge in [0.05, 0.1) is 12.6 Å². The molecule has 1 atom stereocenters. The molecule has 0 saturated carbocycles. The van der Waals surface area contributed by atoms with Crippen LogP contribution in [0.4, 0.5) is 4.39 Å². The average molecular weight is 395 g/mol. The smallest absolute Gasteiger partial charge is 0.173 e. The summed E-state index contributed by atoms with van der Waals surface area (Å²) in [6.07, 6.45) is 0.904. The second kappa shape index (κ2) is 7.55. The first-order valence-electron chi connectivity index (χ1n) is 9.81. The first kappa shape index (κ1) is 19.5. The number of hydrogen-bond acceptors (Lipinski definition) is 5. The lowest BCUT2D eigenvalue weighted by Crippen LogP contribution is -2.38. The summed E-state index contributed by atoms with van der Waals surface area (Å²) in [4.78, 5) is 2.25. The van der Waals surface area contributed by atoms with Crippen molar-refractivity contribution in [2.75, 3.05) is 13.7 Å². The summed E-state index contributed by atoms with van der Waals surface area (Å²) in [6.45, 7) is 7.63. The fraction of sp³-hybridized carbons (Fsp3) is 0.409. The number of methoxy groups -OCH3 is 1. The quantitative estimate of drug-likeness (QED) is 0.674. The molecule has 1 aliphatic rings. The van der Waals surface area contributed by atoms with Gasteiger partial charge in [-0.25, -0.2) is 9.07 Å². The van der Waals surface area contributed by atoms with E-state index in [9.17, 15) is 0 Å². The van der Waals surface area contributed by atoms with E-state index < -0.39 is 6.04 Å². The van der Waals surface area contributed by atoms with E-state index in [0.29, 0.717) is 23.7 Å². The standard InChI is InChI=1S/C22H26FN5O/c1-22(2,3)28-21(24-25-26-28)20(18-10-9-17(29-4)13-19(18)23)27-12-11-15-7-5-6-8-16(15)14-27/h5-10,13,20H,11-12,14H2,1-4H3. The number of hydrogen-bond donors (Lipinski definition) is 0. The highest BCUT2D eigenvalue weighted by atomic mass is 19.1. The number of nitrogens with zero attached hydrogens (tertiary/aromatic N) is 5. The minimum absolute atomic E-state index is 0.323. The summed E-state index contributed by atoms with van der Waals surface area (Å²) < 4.78 is 22.2. The van der Waals surface area contributed by atoms with Gasteiger partial charge in [0.25, 0.3) is 0 Å². The molecule has 2 heterocycles. The third-order valence-corrected chi connectivity index (χ3v) is 5.40. The number of benzene rings is 2. The Kier molecular flexibility index (Phi) is 5.08. The maximum Gasteiger partial charge on any atom is 0.173 e. The molecule has 152 valence electrons. The van der Waals surface area contributed by atoms with Gasteiger partial charge in [0.15, 0.2) is 5.82 Å². The van der Waals surface area contributed by atoms with Gasteiger partial charge in [-0.05, 0) is 54.8 Å². The third-order valence-electron chi connectivity index (χ3n) is 5.40. The van der Waals surface area contributed by atoms with E-state index in [0.717, 1.165) is 13.0 Å². The van der Waals surface area contributed by atoms with Crippen LogP contribution in [0.3, 0.4) is 0 Å². The molecule has 2 aromatic carbocycles. The lowest BCUT2D eigenvalue weighted by molar-refractivity contribution is 0.182. The first-order valence-corrected chi connectivity index (χ1v) is 9.81. The Balaban J connectivity index is 1.82. The summed E-state index contributed by atoms with van der Waals surface area (Å²) >= 11 is 0. The van der Waals surface area contributed by atoms with Crippen LogP contribution < -0.4 is 4.74 Å². The van der Waals surface area contributed by atoms with E-state index in [1.165, 1.54) is 24.3 Å². The van der Waals surface area contributed by atoms with Crippen LogP contribution in [0.15, 0.2) is 42.5 Å². The van der Waals surface area contributed by atoms with Crippen LogP contribution in [0.5, 0.6) is 5.75 Å². The summed E-state index contributed by atoms with van der Waals surface area (Å²) in [5.41, 5.74) is 2.82. The van der Waals surface area contributed by atoms with Crippen molar-refractivity contribution in [1.29, 1.82) is 0 Å². The van der Waals surface area contributed by atoms with Gasteiger partial charge in [-0.15, -0.1) is 5.10 Å². The van der Waals surface area contributed by atoms with Gasteiger partial charge in [0, 0.05) is 24.7 Å². The Hall–Kier alpha value is -2.80. The van der Waals surface area contributed by atoms with Crippen molar-refractivity contribution in [1.82, 2.24) is 25.1 Å². The largest absolute Gasteiger partial charge is 0.497 e. The molecule has 0 saturated heterocycles. The van der Waals surface area contributed by atoms with Crippen molar-refractivity contribution < 1.29 is 9.13 Å². The van der Waals surface area contributed by atoms with E-state index in [1.807, 2.05) is 26.8 Å². The van der Waals surface area contributed by atoms with Gasteiger partial charge in [-0.1, -0.05) is 30.3 Å². The highest BCUT2D eigenvalue weighted by molar-refractivity contribution is 5.35. The second-order valence-electron chi connectivity index (χ2n) is 8.40. The summed E-state index contributed by atoms with van der Waals surface area (Å²) in [6, 6.07) is 13.0. The normalized spacial score (nSPS) is 15.8. The summed E-state index contributed by atoms with van der Waals surface area (Å²) in [5.74, 6) is 0.807. The zero-order valence-corrected chi connectivity index (χ0v) is 17.3. The Morgan fingerprint density at radius 2 is 1.86 bits per heavy atom. The van der Waals surface area contributed by atoms with Crippen molar-refractivity contribution in [2.45, 2.75) is 45.3 Å². The van der Waals surface area contributed by atoms with Gasteiger partial charge < -0.3 is 4.74 Å². The molecule has 0 fully saturated rings. The third kappa shape index (κ3) is 3.74. The number of rotatable bonds is 4. The number of tetrazole rings is 1. The van der Waals surface area contributed by atoms with E-state index in [-0.39, 0.29) is 11.4 Å². The van der Waals surface area contributed by atoms with E-state index in [4.69, 9.17) is 4.74 Å². The predicted molar refractivity (Wildman–Crippen MR) is 108 cm³/mol. The van der Waals surface area contributed by atoms with Crippen molar-refractivity contribution in [3.05, 3.63) is 70.8 Å². The first-order chi connectivity index (χ1) is 13.9. The van der Waals surface area contributed by atoms with Crippen LogP contribution in [0.1, 0.15) is 49.3 Å². The summed E-state index contributed by atoms with van der Waals surface area (Å²) in [5, 5.41) is 12.5. The molecule has 1 aliphatic heterocycles. The van der Waals surface area contributed by atoms with Crippen molar-refractivity contribution in [3.63, 3.8) is 0 Å². The summed E-state index contributed by atoms with van der Waals surface area (Å²) in [7, 11) is 1.54. The van der Waals surface area contributed by atoms with Crippen molar-refractivity contribution in [3.8, 4) is 5.75 Å². The maximum absolute atomic E-state index is 15.2. The van der Waals surface area contributed by atoms with E-state index in [2.05, 4.69) is 38.6 Å². The number of fused-ring (bicyclic) bond motifs is 1. The lowest BCUT2D eigenvalue weighted by atomic mass is 9.95. The highest BCUT2D eigenvalue weighted by Gasteiger charge is 2.34. The zero-order chi connectivity index (χ0) is 20.6. The fourth-order valence-electron chi connectivity index (χ4n) is 3.94. The number of ether oxygens (including phenoxy) is 1. The van der Waals surface area contributed by atoms with Gasteiger partial charge in [-0.2, -0.15) is 0 Å². The zero-order valence-electron chi connectivity index (χ0n) is 17.3. The molecule has 3 aromatic rings. The SMILES string of the molecule is COc1ccc(C(c2nnnn2C(C)(C)C)N2CCc3ccccc3C2)c(F)c1. The molecule has 0 radical (unpaired) electrons. The topological polar surface area (TPSA) is 56.1 Å². The maximum atomic E-state index is 15.2. The molecule has 4 rings (SSSR count). The molecule has 1 aromatic heterocycles. The molecule has 0 bridgehead atoms. The van der Waals surface area contributed by atoms with E-state index in [1.54, 1.807) is 16.8 Å². The van der Waals surface area contributed by atoms with Crippen LogP contribution in [0.2, 0.25) is 0 Å². The Bertz CT molecular complexity index is 1010. The van der Waals surface area contributed by atoms with Gasteiger partial charge in [0.2, 0.25) is 0 Å². The van der Waals surface area contributed by atoms with Crippen LogP contribution in [-0.2, 0) is 18.5 Å². The molecule has 6 nitrogen and oxygen atoms in total. The monoisotopic (exact) mass is 395 g/mol. The molecule has 0 amide bonds. The van der Waals surface area contributed by atoms with Crippen molar-refractivity contribution >= 4 is 0 Å². The molecular formula is C22H26FN5O. The predicted octanol–water partition coefficient (Wildman–Crippen LogP) is 3.72. The second-order valence-corrected chi connectivity index (χ2v) is 8.40. The Labute approximate surface area is 170 Å². The molecule has 7 heteroatoms. The van der Waals surface area contributed by atoms with Crippen LogP contribution >= 0.6 is 0 Å². The molecule has 0 N–H and O–H groups in total. The van der Waals surface area contributed by atoms with Crippen LogP contribution in [0, 0.1) is 5.82 Å². The Morgan fingerprint density at radius 1 is 1.10 bits per heavy atom. The fourth-order valence-corrected chi connectivity index (χ4v) is 3.94. The van der Waals surface area contributed by atoms with E-state index >= 15 is 4.39 Å². The van der Waals surface area contributed by atoms with Crippen LogP contribution in [0.25, 0.3) is 0 Å².